The van der Waals surface area contributed by atoms with Crippen molar-refractivity contribution in [2.45, 2.75) is 25.6 Å². The van der Waals surface area contributed by atoms with Gasteiger partial charge in [-0.1, -0.05) is 0 Å². The van der Waals surface area contributed by atoms with Crippen molar-refractivity contribution in [1.82, 2.24) is 5.01 Å². The fourth-order valence-electron chi connectivity index (χ4n) is 1.30. The maximum absolute atomic E-state index is 10.6. The quantitative estimate of drug-likeness (QED) is 0.538. The number of amides is 2. The van der Waals surface area contributed by atoms with Gasteiger partial charge < -0.3 is 15.2 Å². The third-order valence-electron chi connectivity index (χ3n) is 2.10. The lowest BCUT2D eigenvalue weighted by Gasteiger charge is -2.23. The van der Waals surface area contributed by atoms with Crippen molar-refractivity contribution in [2.24, 2.45) is 11.0 Å². The molecule has 15 heavy (non-hydrogen) atoms. The van der Waals surface area contributed by atoms with Crippen LogP contribution in [0.4, 0.5) is 4.79 Å². The van der Waals surface area contributed by atoms with Gasteiger partial charge in [0.25, 0.3) is 0 Å². The zero-order chi connectivity index (χ0) is 11.1. The first-order chi connectivity index (χ1) is 7.24. The summed E-state index contributed by atoms with van der Waals surface area (Å²) in [5.74, 6) is 0. The van der Waals surface area contributed by atoms with Crippen molar-refractivity contribution in [3.63, 3.8) is 0 Å². The van der Waals surface area contributed by atoms with Gasteiger partial charge in [0, 0.05) is 6.61 Å². The molecule has 0 aromatic heterocycles. The average Bonchev–Trinajstić information content (AvgIpc) is 2.25. The van der Waals surface area contributed by atoms with Crippen LogP contribution in [-0.2, 0) is 9.47 Å². The van der Waals surface area contributed by atoms with Gasteiger partial charge in [-0.25, -0.2) is 4.79 Å². The maximum atomic E-state index is 10.6. The number of hydrogen-bond acceptors (Lipinski definition) is 5. The van der Waals surface area contributed by atoms with Crippen molar-refractivity contribution in [3.05, 3.63) is 4.91 Å². The molecule has 0 aromatic rings. The van der Waals surface area contributed by atoms with Crippen LogP contribution in [0.2, 0.25) is 0 Å². The standard InChI is InChI=1S/C8H15N3O4/c9-8(12)11(10-13)4-6-15-7-3-1-2-5-14-7/h7H,1-6H2,(H2,9,12). The number of nitrogens with two attached hydrogens (primary N) is 1. The van der Waals surface area contributed by atoms with Crippen LogP contribution >= 0.6 is 0 Å². The van der Waals surface area contributed by atoms with Gasteiger partial charge in [0.2, 0.25) is 0 Å². The highest BCUT2D eigenvalue weighted by Gasteiger charge is 2.15. The van der Waals surface area contributed by atoms with E-state index < -0.39 is 6.03 Å². The van der Waals surface area contributed by atoms with Crippen molar-refractivity contribution < 1.29 is 14.3 Å². The predicted molar refractivity (Wildman–Crippen MR) is 51.6 cm³/mol. The topological polar surface area (TPSA) is 94.2 Å². The van der Waals surface area contributed by atoms with Crippen LogP contribution in [-0.4, -0.2) is 37.1 Å². The van der Waals surface area contributed by atoms with Gasteiger partial charge in [-0.05, 0) is 19.3 Å². The monoisotopic (exact) mass is 217 g/mol. The van der Waals surface area contributed by atoms with Crippen molar-refractivity contribution >= 4 is 6.03 Å². The molecule has 1 rings (SSSR count). The summed E-state index contributed by atoms with van der Waals surface area (Å²) in [4.78, 5) is 20.7. The van der Waals surface area contributed by atoms with Crippen LogP contribution in [0, 0.1) is 4.91 Å². The zero-order valence-corrected chi connectivity index (χ0v) is 8.42. The number of primary amides is 1. The minimum Gasteiger partial charge on any atom is -0.353 e. The Hall–Kier alpha value is -1.21. The van der Waals surface area contributed by atoms with Crippen LogP contribution in [0.15, 0.2) is 5.29 Å². The minimum atomic E-state index is -0.877. The van der Waals surface area contributed by atoms with E-state index in [1.807, 2.05) is 0 Å². The molecule has 1 saturated heterocycles. The van der Waals surface area contributed by atoms with Crippen LogP contribution in [0.25, 0.3) is 0 Å². The molecule has 0 aromatic carbocycles. The van der Waals surface area contributed by atoms with Gasteiger partial charge in [0.15, 0.2) is 6.29 Å². The van der Waals surface area contributed by atoms with E-state index in [9.17, 15) is 9.70 Å². The Morgan fingerprint density at radius 3 is 2.93 bits per heavy atom. The van der Waals surface area contributed by atoms with Gasteiger partial charge in [0.05, 0.1) is 18.4 Å². The molecule has 0 aliphatic carbocycles. The van der Waals surface area contributed by atoms with Crippen LogP contribution in [0.1, 0.15) is 19.3 Å². The Morgan fingerprint density at radius 2 is 2.40 bits per heavy atom. The summed E-state index contributed by atoms with van der Waals surface area (Å²) in [7, 11) is 0. The Balaban J connectivity index is 2.13. The zero-order valence-electron chi connectivity index (χ0n) is 8.42. The summed E-state index contributed by atoms with van der Waals surface area (Å²) in [6.45, 7) is 0.939. The van der Waals surface area contributed by atoms with Gasteiger partial charge in [-0.3, -0.25) is 0 Å². The Bertz CT molecular complexity index is 218. The van der Waals surface area contributed by atoms with E-state index in [1.165, 1.54) is 0 Å². The average molecular weight is 217 g/mol. The summed E-state index contributed by atoms with van der Waals surface area (Å²) >= 11 is 0. The molecular formula is C8H15N3O4. The molecule has 1 atom stereocenters. The first-order valence-electron chi connectivity index (χ1n) is 4.87. The summed E-state index contributed by atoms with van der Waals surface area (Å²) < 4.78 is 10.6. The molecular weight excluding hydrogens is 202 g/mol. The van der Waals surface area contributed by atoms with E-state index >= 15 is 0 Å². The first-order valence-corrected chi connectivity index (χ1v) is 4.87. The van der Waals surface area contributed by atoms with Crippen LogP contribution in [0.3, 0.4) is 0 Å². The number of nitrogens with zero attached hydrogens (tertiary/aromatic N) is 2. The predicted octanol–water partition coefficient (Wildman–Crippen LogP) is 0.592. The third-order valence-corrected chi connectivity index (χ3v) is 2.10. The summed E-state index contributed by atoms with van der Waals surface area (Å²) in [6.07, 6.45) is 2.71. The molecule has 1 heterocycles. The smallest absolute Gasteiger partial charge is 0.337 e. The van der Waals surface area contributed by atoms with Crippen LogP contribution in [0.5, 0.6) is 0 Å². The number of ether oxygens (including phenoxy) is 2. The molecule has 2 N–H and O–H groups in total. The molecule has 0 saturated carbocycles. The van der Waals surface area contributed by atoms with E-state index in [1.54, 1.807) is 0 Å². The maximum Gasteiger partial charge on any atom is 0.337 e. The molecule has 0 spiro atoms. The second kappa shape index (κ2) is 6.31. The number of carbonyl (C=O) groups excluding carboxylic acids is 1. The molecule has 1 fully saturated rings. The van der Waals surface area contributed by atoms with E-state index in [0.29, 0.717) is 11.6 Å². The Kier molecular flexibility index (Phi) is 4.99. The first kappa shape index (κ1) is 11.9. The lowest BCUT2D eigenvalue weighted by molar-refractivity contribution is -0.163. The molecule has 2 amide bonds. The molecule has 7 heteroatoms. The molecule has 1 aliphatic rings. The number of rotatable bonds is 5. The van der Waals surface area contributed by atoms with Gasteiger partial charge in [-0.15, -0.1) is 4.91 Å². The number of urea groups is 1. The van der Waals surface area contributed by atoms with E-state index in [-0.39, 0.29) is 19.4 Å². The number of carbonyl (C=O) groups is 1. The Morgan fingerprint density at radius 1 is 1.60 bits per heavy atom. The van der Waals surface area contributed by atoms with Crippen molar-refractivity contribution in [2.75, 3.05) is 19.8 Å². The Labute approximate surface area is 87.4 Å². The fraction of sp³-hybridized carbons (Fsp3) is 0.875. The van der Waals surface area contributed by atoms with Crippen molar-refractivity contribution in [3.8, 4) is 0 Å². The van der Waals surface area contributed by atoms with Gasteiger partial charge >= 0.3 is 6.03 Å². The lowest BCUT2D eigenvalue weighted by Crippen LogP contribution is -2.34. The molecule has 1 aliphatic heterocycles. The molecule has 7 nitrogen and oxygen atoms in total. The lowest BCUT2D eigenvalue weighted by atomic mass is 10.2. The summed E-state index contributed by atoms with van der Waals surface area (Å²) in [5, 5.41) is 3.07. The summed E-state index contributed by atoms with van der Waals surface area (Å²) in [5.41, 5.74) is 4.87. The van der Waals surface area contributed by atoms with E-state index in [4.69, 9.17) is 15.2 Å². The highest BCUT2D eigenvalue weighted by Crippen LogP contribution is 2.13. The third kappa shape index (κ3) is 4.22. The SMILES string of the molecule is NC(=O)N(CCOC1CCCCO1)N=O. The van der Waals surface area contributed by atoms with Crippen LogP contribution < -0.4 is 5.73 Å². The number of hydrogen-bond donors (Lipinski definition) is 1. The summed E-state index contributed by atoms with van der Waals surface area (Å²) in [6, 6.07) is -0.877. The number of nitroso groups, excluding NO2 is 1. The van der Waals surface area contributed by atoms with Gasteiger partial charge in [0.1, 0.15) is 0 Å². The minimum absolute atomic E-state index is 0.0543. The molecule has 0 bridgehead atoms. The molecule has 0 radical (unpaired) electrons. The second-order valence-corrected chi connectivity index (χ2v) is 3.21. The second-order valence-electron chi connectivity index (χ2n) is 3.21. The van der Waals surface area contributed by atoms with E-state index in [2.05, 4.69) is 5.29 Å². The largest absolute Gasteiger partial charge is 0.353 e. The highest BCUT2D eigenvalue weighted by molar-refractivity contribution is 5.71. The molecule has 86 valence electrons. The fourth-order valence-corrected chi connectivity index (χ4v) is 1.30. The van der Waals surface area contributed by atoms with Gasteiger partial charge in [-0.2, -0.15) is 5.01 Å². The normalized spacial score (nSPS) is 20.9. The van der Waals surface area contributed by atoms with E-state index in [0.717, 1.165) is 19.3 Å². The highest BCUT2D eigenvalue weighted by atomic mass is 16.7. The van der Waals surface area contributed by atoms with Crippen molar-refractivity contribution in [1.29, 1.82) is 0 Å². The molecule has 1 unspecified atom stereocenters.